The average Bonchev–Trinajstić information content (AvgIpc) is 2.48. The second-order valence-corrected chi connectivity index (χ2v) is 5.33. The van der Waals surface area contributed by atoms with Crippen LogP contribution < -0.4 is 4.74 Å². The molecule has 0 fully saturated rings. The fourth-order valence-electron chi connectivity index (χ4n) is 2.23. The normalized spacial score (nSPS) is 12.1. The van der Waals surface area contributed by atoms with Crippen molar-refractivity contribution in [2.45, 2.75) is 32.3 Å². The monoisotopic (exact) mass is 284 g/mol. The predicted molar refractivity (Wildman–Crippen MR) is 82.7 cm³/mol. The summed E-state index contributed by atoms with van der Waals surface area (Å²) >= 11 is 0. The predicted octanol–water partition coefficient (Wildman–Crippen LogP) is 3.88. The van der Waals surface area contributed by atoms with E-state index in [9.17, 15) is 9.90 Å². The molecule has 2 aromatic carbocycles. The third-order valence-corrected chi connectivity index (χ3v) is 3.35. The zero-order valence-electron chi connectivity index (χ0n) is 12.3. The van der Waals surface area contributed by atoms with Crippen LogP contribution in [0.1, 0.15) is 30.9 Å². The van der Waals surface area contributed by atoms with Crippen LogP contribution in [-0.2, 0) is 11.2 Å². The molecule has 0 aromatic heterocycles. The highest BCUT2D eigenvalue weighted by molar-refractivity contribution is 5.73. The van der Waals surface area contributed by atoms with Gasteiger partial charge in [-0.15, -0.1) is 0 Å². The van der Waals surface area contributed by atoms with Gasteiger partial charge in [-0.25, -0.2) is 4.79 Å². The van der Waals surface area contributed by atoms with E-state index in [0.29, 0.717) is 12.2 Å². The van der Waals surface area contributed by atoms with E-state index in [0.717, 1.165) is 11.1 Å². The van der Waals surface area contributed by atoms with Gasteiger partial charge >= 0.3 is 5.97 Å². The molecule has 0 unspecified atom stereocenters. The first kappa shape index (κ1) is 15.1. The van der Waals surface area contributed by atoms with E-state index in [-0.39, 0.29) is 5.92 Å². The van der Waals surface area contributed by atoms with E-state index < -0.39 is 12.1 Å². The molecule has 3 heteroatoms. The number of ether oxygens (including phenoxy) is 1. The van der Waals surface area contributed by atoms with Crippen molar-refractivity contribution in [1.29, 1.82) is 0 Å². The quantitative estimate of drug-likeness (QED) is 0.875. The summed E-state index contributed by atoms with van der Waals surface area (Å²) in [7, 11) is 0. The Balaban J connectivity index is 2.19. The Bertz CT molecular complexity index is 590. The number of para-hydroxylation sites is 1. The minimum atomic E-state index is -0.947. The molecule has 0 aliphatic rings. The van der Waals surface area contributed by atoms with Gasteiger partial charge in [0.25, 0.3) is 0 Å². The molecule has 2 aromatic rings. The van der Waals surface area contributed by atoms with Gasteiger partial charge in [0, 0.05) is 6.42 Å². The fraction of sp³-hybridized carbons (Fsp3) is 0.278. The van der Waals surface area contributed by atoms with Crippen LogP contribution in [0.15, 0.2) is 54.6 Å². The molecular weight excluding hydrogens is 264 g/mol. The van der Waals surface area contributed by atoms with Crippen LogP contribution in [0.3, 0.4) is 0 Å². The fourth-order valence-corrected chi connectivity index (χ4v) is 2.23. The highest BCUT2D eigenvalue weighted by Gasteiger charge is 2.21. The van der Waals surface area contributed by atoms with Crippen molar-refractivity contribution >= 4 is 5.97 Å². The Hall–Kier alpha value is -2.29. The molecule has 0 amide bonds. The van der Waals surface area contributed by atoms with E-state index in [4.69, 9.17) is 4.74 Å². The Kier molecular flexibility index (Phi) is 4.99. The van der Waals surface area contributed by atoms with E-state index in [1.165, 1.54) is 0 Å². The standard InChI is InChI=1S/C18H20O3/c1-13(2)15-10-6-7-11-16(15)21-17(18(19)20)12-14-8-4-3-5-9-14/h3-11,13,17H,12H2,1-2H3,(H,19,20)/t17-/m1/s1. The zero-order valence-corrected chi connectivity index (χ0v) is 12.3. The molecule has 0 spiro atoms. The van der Waals surface area contributed by atoms with Crippen molar-refractivity contribution in [3.05, 3.63) is 65.7 Å². The van der Waals surface area contributed by atoms with Gasteiger partial charge < -0.3 is 9.84 Å². The Morgan fingerprint density at radius 1 is 1.05 bits per heavy atom. The number of aliphatic carboxylic acids is 1. The summed E-state index contributed by atoms with van der Waals surface area (Å²) in [5.74, 6) is -0.0133. The molecule has 110 valence electrons. The summed E-state index contributed by atoms with van der Waals surface area (Å²) in [6, 6.07) is 17.1. The molecule has 21 heavy (non-hydrogen) atoms. The number of carboxylic acids is 1. The Morgan fingerprint density at radius 3 is 2.29 bits per heavy atom. The number of hydrogen-bond donors (Lipinski definition) is 1. The molecule has 2 rings (SSSR count). The molecule has 1 N–H and O–H groups in total. The van der Waals surface area contributed by atoms with E-state index in [2.05, 4.69) is 13.8 Å². The van der Waals surface area contributed by atoms with Crippen LogP contribution in [0.25, 0.3) is 0 Å². The number of carbonyl (C=O) groups is 1. The molecule has 0 aliphatic carbocycles. The molecule has 0 aliphatic heterocycles. The minimum Gasteiger partial charge on any atom is -0.478 e. The lowest BCUT2D eigenvalue weighted by molar-refractivity contribution is -0.145. The molecule has 0 saturated heterocycles. The molecular formula is C18H20O3. The van der Waals surface area contributed by atoms with Gasteiger partial charge in [0.05, 0.1) is 0 Å². The molecule has 0 saturated carbocycles. The van der Waals surface area contributed by atoms with Gasteiger partial charge in [0.2, 0.25) is 0 Å². The average molecular weight is 284 g/mol. The summed E-state index contributed by atoms with van der Waals surface area (Å²) in [6.07, 6.45) is -0.532. The Morgan fingerprint density at radius 2 is 1.67 bits per heavy atom. The highest BCUT2D eigenvalue weighted by atomic mass is 16.5. The number of rotatable bonds is 6. The van der Waals surface area contributed by atoms with E-state index in [1.54, 1.807) is 0 Å². The minimum absolute atomic E-state index is 0.285. The first-order chi connectivity index (χ1) is 10.1. The van der Waals surface area contributed by atoms with Crippen molar-refractivity contribution in [3.8, 4) is 5.75 Å². The number of carboxylic acid groups (broad SMARTS) is 1. The molecule has 0 bridgehead atoms. The summed E-state index contributed by atoms with van der Waals surface area (Å²) < 4.78 is 5.77. The lowest BCUT2D eigenvalue weighted by atomic mass is 10.0. The SMILES string of the molecule is CC(C)c1ccccc1O[C@H](Cc1ccccc1)C(=O)O. The third-order valence-electron chi connectivity index (χ3n) is 3.35. The van der Waals surface area contributed by atoms with Gasteiger partial charge in [0.15, 0.2) is 6.10 Å². The smallest absolute Gasteiger partial charge is 0.345 e. The van der Waals surface area contributed by atoms with Gasteiger partial charge in [-0.3, -0.25) is 0 Å². The second kappa shape index (κ2) is 6.93. The van der Waals surface area contributed by atoms with Crippen molar-refractivity contribution in [1.82, 2.24) is 0 Å². The topological polar surface area (TPSA) is 46.5 Å². The van der Waals surface area contributed by atoms with Crippen LogP contribution in [-0.4, -0.2) is 17.2 Å². The number of benzene rings is 2. The second-order valence-electron chi connectivity index (χ2n) is 5.33. The van der Waals surface area contributed by atoms with Crippen molar-refractivity contribution in [2.75, 3.05) is 0 Å². The Labute approximate surface area is 125 Å². The van der Waals surface area contributed by atoms with Crippen LogP contribution in [0.4, 0.5) is 0 Å². The van der Waals surface area contributed by atoms with Crippen LogP contribution in [0.2, 0.25) is 0 Å². The summed E-state index contributed by atoms with van der Waals surface area (Å²) in [5.41, 5.74) is 1.98. The van der Waals surface area contributed by atoms with Gasteiger partial charge in [-0.05, 0) is 23.1 Å². The summed E-state index contributed by atoms with van der Waals surface area (Å²) in [5, 5.41) is 9.40. The summed E-state index contributed by atoms with van der Waals surface area (Å²) in [6.45, 7) is 4.13. The van der Waals surface area contributed by atoms with Crippen LogP contribution >= 0.6 is 0 Å². The van der Waals surface area contributed by atoms with Crippen molar-refractivity contribution in [3.63, 3.8) is 0 Å². The first-order valence-corrected chi connectivity index (χ1v) is 7.10. The van der Waals surface area contributed by atoms with Gasteiger partial charge in [0.1, 0.15) is 5.75 Å². The first-order valence-electron chi connectivity index (χ1n) is 7.10. The van der Waals surface area contributed by atoms with Crippen LogP contribution in [0, 0.1) is 0 Å². The molecule has 1 atom stereocenters. The summed E-state index contributed by atoms with van der Waals surface area (Å²) in [4.78, 5) is 11.5. The maximum atomic E-state index is 11.5. The molecule has 0 heterocycles. The highest BCUT2D eigenvalue weighted by Crippen LogP contribution is 2.27. The molecule has 3 nitrogen and oxygen atoms in total. The van der Waals surface area contributed by atoms with E-state index >= 15 is 0 Å². The maximum absolute atomic E-state index is 11.5. The third kappa shape index (κ3) is 4.09. The zero-order chi connectivity index (χ0) is 15.2. The van der Waals surface area contributed by atoms with Gasteiger partial charge in [-0.2, -0.15) is 0 Å². The number of hydrogen-bond acceptors (Lipinski definition) is 2. The van der Waals surface area contributed by atoms with Crippen LogP contribution in [0.5, 0.6) is 5.75 Å². The lowest BCUT2D eigenvalue weighted by Crippen LogP contribution is -2.29. The van der Waals surface area contributed by atoms with Crippen molar-refractivity contribution in [2.24, 2.45) is 0 Å². The lowest BCUT2D eigenvalue weighted by Gasteiger charge is -2.19. The largest absolute Gasteiger partial charge is 0.478 e. The van der Waals surface area contributed by atoms with Crippen molar-refractivity contribution < 1.29 is 14.6 Å². The van der Waals surface area contributed by atoms with Gasteiger partial charge in [-0.1, -0.05) is 62.4 Å². The molecule has 0 radical (unpaired) electrons. The maximum Gasteiger partial charge on any atom is 0.345 e. The van der Waals surface area contributed by atoms with E-state index in [1.807, 2.05) is 54.6 Å².